The highest BCUT2D eigenvalue weighted by Crippen LogP contribution is 2.32. The molecule has 0 aliphatic heterocycles. The average molecular weight is 494 g/mol. The van der Waals surface area contributed by atoms with E-state index in [9.17, 15) is 26.4 Å². The van der Waals surface area contributed by atoms with Crippen molar-refractivity contribution in [2.24, 2.45) is 0 Å². The van der Waals surface area contributed by atoms with E-state index in [0.29, 0.717) is 17.8 Å². The number of pyridine rings is 1. The Balaban J connectivity index is 1.89. The molecule has 8 nitrogen and oxygen atoms in total. The van der Waals surface area contributed by atoms with E-state index in [2.05, 4.69) is 20.4 Å². The predicted molar refractivity (Wildman–Crippen MR) is 105 cm³/mol. The molecule has 0 spiro atoms. The van der Waals surface area contributed by atoms with Crippen molar-refractivity contribution in [1.82, 2.24) is 25.1 Å². The van der Waals surface area contributed by atoms with E-state index in [1.807, 2.05) is 0 Å². The fourth-order valence-electron chi connectivity index (χ4n) is 2.60. The second-order valence-electron chi connectivity index (χ2n) is 6.19. The molecule has 0 aliphatic carbocycles. The number of hydrogen-bond donors (Lipinski definition) is 1. The molecule has 3 rings (SSSR count). The SMILES string of the molecule is C[C@@H](NC(=O)c1cc(Cl)cc(S(=O)(=O)C(F)(F)F)c1)c1ncnn1-c1ccnc(Cl)c1. The van der Waals surface area contributed by atoms with E-state index in [-0.39, 0.29) is 21.6 Å². The summed E-state index contributed by atoms with van der Waals surface area (Å²) < 4.78 is 63.3. The number of carbonyl (C=O) groups is 1. The van der Waals surface area contributed by atoms with Gasteiger partial charge in [-0.1, -0.05) is 23.2 Å². The summed E-state index contributed by atoms with van der Waals surface area (Å²) in [6.07, 6.45) is 2.68. The summed E-state index contributed by atoms with van der Waals surface area (Å²) in [6, 6.07) is 4.61. The number of nitrogens with one attached hydrogen (secondary N) is 1. The van der Waals surface area contributed by atoms with Crippen molar-refractivity contribution in [3.8, 4) is 5.69 Å². The number of hydrogen-bond acceptors (Lipinski definition) is 6. The molecule has 14 heteroatoms. The first-order valence-electron chi connectivity index (χ1n) is 8.35. The monoisotopic (exact) mass is 493 g/mol. The van der Waals surface area contributed by atoms with Crippen molar-refractivity contribution >= 4 is 38.9 Å². The largest absolute Gasteiger partial charge is 0.501 e. The fraction of sp³-hybridized carbons (Fsp3) is 0.176. The van der Waals surface area contributed by atoms with Gasteiger partial charge >= 0.3 is 5.51 Å². The van der Waals surface area contributed by atoms with Gasteiger partial charge < -0.3 is 5.32 Å². The van der Waals surface area contributed by atoms with Gasteiger partial charge in [0.05, 0.1) is 16.6 Å². The molecule has 0 unspecified atom stereocenters. The molecule has 3 aromatic rings. The van der Waals surface area contributed by atoms with Gasteiger partial charge in [0.15, 0.2) is 5.82 Å². The Kier molecular flexibility index (Phi) is 6.25. The van der Waals surface area contributed by atoms with Crippen LogP contribution in [0.3, 0.4) is 0 Å². The predicted octanol–water partition coefficient (Wildman–Crippen LogP) is 3.75. The number of halogens is 5. The molecule has 2 aromatic heterocycles. The lowest BCUT2D eigenvalue weighted by Crippen LogP contribution is -2.29. The van der Waals surface area contributed by atoms with E-state index in [0.717, 1.165) is 6.07 Å². The summed E-state index contributed by atoms with van der Waals surface area (Å²) in [5.41, 5.74) is -5.41. The zero-order valence-corrected chi connectivity index (χ0v) is 17.8. The van der Waals surface area contributed by atoms with Crippen LogP contribution in [0.4, 0.5) is 13.2 Å². The smallest absolute Gasteiger partial charge is 0.342 e. The summed E-state index contributed by atoms with van der Waals surface area (Å²) in [7, 11) is -5.68. The molecule has 164 valence electrons. The van der Waals surface area contributed by atoms with Gasteiger partial charge in [0.2, 0.25) is 0 Å². The third kappa shape index (κ3) is 4.81. The number of amides is 1. The molecule has 0 bridgehead atoms. The first-order chi connectivity index (χ1) is 14.4. The number of nitrogens with zero attached hydrogens (tertiary/aromatic N) is 4. The zero-order chi connectivity index (χ0) is 23.0. The van der Waals surface area contributed by atoms with Crippen LogP contribution in [0.1, 0.15) is 29.1 Å². The third-order valence-corrected chi connectivity index (χ3v) is 5.90. The second kappa shape index (κ2) is 8.44. The summed E-state index contributed by atoms with van der Waals surface area (Å²) in [6.45, 7) is 1.55. The highest BCUT2D eigenvalue weighted by Gasteiger charge is 2.47. The summed E-state index contributed by atoms with van der Waals surface area (Å²) in [5.74, 6) is -0.586. The minimum atomic E-state index is -5.68. The van der Waals surface area contributed by atoms with Crippen molar-refractivity contribution in [3.63, 3.8) is 0 Å². The lowest BCUT2D eigenvalue weighted by molar-refractivity contribution is -0.0436. The molecular weight excluding hydrogens is 482 g/mol. The third-order valence-electron chi connectivity index (χ3n) is 4.01. The van der Waals surface area contributed by atoms with Crippen LogP contribution in [0, 0.1) is 0 Å². The molecule has 0 saturated carbocycles. The number of sulfone groups is 1. The molecular formula is C17H12Cl2F3N5O3S. The highest BCUT2D eigenvalue weighted by atomic mass is 35.5. The van der Waals surface area contributed by atoms with Gasteiger partial charge in [0.25, 0.3) is 15.7 Å². The lowest BCUT2D eigenvalue weighted by atomic mass is 10.2. The molecule has 1 N–H and O–H groups in total. The first kappa shape index (κ1) is 23.0. The van der Waals surface area contributed by atoms with E-state index in [1.165, 1.54) is 23.3 Å². The number of alkyl halides is 3. The minimum absolute atomic E-state index is 0.202. The lowest BCUT2D eigenvalue weighted by Gasteiger charge is -2.16. The van der Waals surface area contributed by atoms with Crippen molar-refractivity contribution in [2.45, 2.75) is 23.4 Å². The van der Waals surface area contributed by atoms with Gasteiger partial charge in [-0.25, -0.2) is 23.1 Å². The standard InChI is InChI=1S/C17H12Cl2F3N5O3S/c1-9(15-24-8-25-27(15)12-2-3-23-14(19)7-12)26-16(28)10-4-11(18)6-13(5-10)31(29,30)17(20,21)22/h2-9H,1H3,(H,26,28)/t9-/m1/s1. The Morgan fingerprint density at radius 2 is 1.87 bits per heavy atom. The van der Waals surface area contributed by atoms with Crippen LogP contribution >= 0.6 is 23.2 Å². The Hall–Kier alpha value is -2.70. The molecule has 1 amide bonds. The van der Waals surface area contributed by atoms with Crippen molar-refractivity contribution < 1.29 is 26.4 Å². The van der Waals surface area contributed by atoms with Crippen molar-refractivity contribution in [1.29, 1.82) is 0 Å². The molecule has 1 atom stereocenters. The van der Waals surface area contributed by atoms with Crippen LogP contribution in [0.2, 0.25) is 10.2 Å². The first-order valence-corrected chi connectivity index (χ1v) is 10.6. The summed E-state index contributed by atoms with van der Waals surface area (Å²) >= 11 is 11.6. The van der Waals surface area contributed by atoms with Gasteiger partial charge in [-0.05, 0) is 31.2 Å². The molecule has 1 aromatic carbocycles. The van der Waals surface area contributed by atoms with Crippen LogP contribution in [0.15, 0.2) is 47.8 Å². The van der Waals surface area contributed by atoms with E-state index in [4.69, 9.17) is 23.2 Å². The average Bonchev–Trinajstić information content (AvgIpc) is 3.16. The van der Waals surface area contributed by atoms with E-state index < -0.39 is 32.2 Å². The Bertz CT molecular complexity index is 1250. The highest BCUT2D eigenvalue weighted by molar-refractivity contribution is 7.92. The maximum atomic E-state index is 12.9. The van der Waals surface area contributed by atoms with Gasteiger partial charge in [0.1, 0.15) is 11.5 Å². The number of carbonyl (C=O) groups excluding carboxylic acids is 1. The zero-order valence-electron chi connectivity index (χ0n) is 15.4. The normalized spacial score (nSPS) is 13.1. The molecule has 2 heterocycles. The fourth-order valence-corrected chi connectivity index (χ4v) is 3.90. The van der Waals surface area contributed by atoms with Crippen LogP contribution < -0.4 is 5.32 Å². The van der Waals surface area contributed by atoms with Crippen LogP contribution in [-0.4, -0.2) is 39.6 Å². The van der Waals surface area contributed by atoms with E-state index >= 15 is 0 Å². The quantitative estimate of drug-likeness (QED) is 0.542. The van der Waals surface area contributed by atoms with Gasteiger partial charge in [-0.3, -0.25) is 4.79 Å². The van der Waals surface area contributed by atoms with E-state index in [1.54, 1.807) is 13.0 Å². The van der Waals surface area contributed by atoms with Gasteiger partial charge in [-0.15, -0.1) is 0 Å². The van der Waals surface area contributed by atoms with Crippen LogP contribution in [-0.2, 0) is 9.84 Å². The number of benzene rings is 1. The summed E-state index contributed by atoms with van der Waals surface area (Å²) in [4.78, 5) is 19.4. The van der Waals surface area contributed by atoms with Crippen LogP contribution in [0.5, 0.6) is 0 Å². The maximum absolute atomic E-state index is 12.9. The Morgan fingerprint density at radius 1 is 1.16 bits per heavy atom. The van der Waals surface area contributed by atoms with Gasteiger partial charge in [0, 0.05) is 22.8 Å². The maximum Gasteiger partial charge on any atom is 0.501 e. The number of rotatable bonds is 5. The molecule has 0 fully saturated rings. The molecule has 0 aliphatic rings. The molecule has 0 saturated heterocycles. The Morgan fingerprint density at radius 3 is 2.52 bits per heavy atom. The van der Waals surface area contributed by atoms with Crippen LogP contribution in [0.25, 0.3) is 5.69 Å². The molecule has 31 heavy (non-hydrogen) atoms. The van der Waals surface area contributed by atoms with Gasteiger partial charge in [-0.2, -0.15) is 18.3 Å². The topological polar surface area (TPSA) is 107 Å². The summed E-state index contributed by atoms with van der Waals surface area (Å²) in [5, 5.41) is 6.43. The molecule has 0 radical (unpaired) electrons. The minimum Gasteiger partial charge on any atom is -0.342 e. The number of aromatic nitrogens is 4. The Labute approximate surface area is 183 Å². The second-order valence-corrected chi connectivity index (χ2v) is 8.95. The van der Waals surface area contributed by atoms with Crippen molar-refractivity contribution in [3.05, 3.63) is 64.4 Å². The van der Waals surface area contributed by atoms with Crippen molar-refractivity contribution in [2.75, 3.05) is 0 Å².